The fraction of sp³-hybridized carbons (Fsp3) is 0.211. The van der Waals surface area contributed by atoms with Crippen LogP contribution in [0.25, 0.3) is 11.5 Å². The SMILES string of the molecule is C[C@H](OC(=O)c1cccc(N(C)C)c1)c1nnc(-c2ccc(F)cc2)o1. The molecule has 0 saturated heterocycles. The molecular formula is C19H18FN3O3. The van der Waals surface area contributed by atoms with Crippen LogP contribution in [-0.2, 0) is 4.74 Å². The second-order valence-electron chi connectivity index (χ2n) is 5.94. The van der Waals surface area contributed by atoms with Gasteiger partial charge in [0.25, 0.3) is 5.89 Å². The minimum absolute atomic E-state index is 0.168. The lowest BCUT2D eigenvalue weighted by molar-refractivity contribution is 0.0280. The maximum atomic E-state index is 13.0. The second kappa shape index (κ2) is 7.35. The van der Waals surface area contributed by atoms with E-state index in [1.54, 1.807) is 25.1 Å². The highest BCUT2D eigenvalue weighted by atomic mass is 19.1. The molecule has 0 unspecified atom stereocenters. The average Bonchev–Trinajstić information content (AvgIpc) is 3.12. The predicted molar refractivity (Wildman–Crippen MR) is 94.3 cm³/mol. The zero-order chi connectivity index (χ0) is 18.7. The fourth-order valence-electron chi connectivity index (χ4n) is 2.30. The monoisotopic (exact) mass is 355 g/mol. The summed E-state index contributed by atoms with van der Waals surface area (Å²) in [6.07, 6.45) is -0.716. The van der Waals surface area contributed by atoms with E-state index in [0.717, 1.165) is 5.69 Å². The Morgan fingerprint density at radius 1 is 1.15 bits per heavy atom. The van der Waals surface area contributed by atoms with E-state index in [1.165, 1.54) is 24.3 Å². The number of rotatable bonds is 5. The van der Waals surface area contributed by atoms with Crippen LogP contribution in [-0.4, -0.2) is 30.3 Å². The second-order valence-corrected chi connectivity index (χ2v) is 5.94. The molecule has 2 aromatic carbocycles. The highest BCUT2D eigenvalue weighted by Gasteiger charge is 2.20. The standard InChI is InChI=1S/C19H18FN3O3/c1-12(25-19(24)14-5-4-6-16(11-14)23(2)3)17-21-22-18(26-17)13-7-9-15(20)10-8-13/h4-12H,1-3H3/t12-/m0/s1. The summed E-state index contributed by atoms with van der Waals surface area (Å²) in [7, 11) is 3.78. The van der Waals surface area contributed by atoms with Gasteiger partial charge in [-0.05, 0) is 49.4 Å². The number of carbonyl (C=O) groups is 1. The van der Waals surface area contributed by atoms with Gasteiger partial charge in [0, 0.05) is 25.3 Å². The van der Waals surface area contributed by atoms with Gasteiger partial charge in [-0.3, -0.25) is 0 Å². The van der Waals surface area contributed by atoms with Crippen molar-refractivity contribution in [2.24, 2.45) is 0 Å². The topological polar surface area (TPSA) is 68.5 Å². The normalized spacial score (nSPS) is 11.8. The number of hydrogen-bond donors (Lipinski definition) is 0. The fourth-order valence-corrected chi connectivity index (χ4v) is 2.30. The lowest BCUT2D eigenvalue weighted by Gasteiger charge is -2.14. The average molecular weight is 355 g/mol. The van der Waals surface area contributed by atoms with Crippen LogP contribution in [0.2, 0.25) is 0 Å². The van der Waals surface area contributed by atoms with Crippen LogP contribution >= 0.6 is 0 Å². The smallest absolute Gasteiger partial charge is 0.338 e. The molecular weight excluding hydrogens is 337 g/mol. The number of halogens is 1. The molecule has 3 aromatic rings. The van der Waals surface area contributed by atoms with E-state index in [1.807, 2.05) is 25.1 Å². The highest BCUT2D eigenvalue weighted by molar-refractivity contribution is 5.90. The van der Waals surface area contributed by atoms with E-state index < -0.39 is 12.1 Å². The molecule has 0 aliphatic heterocycles. The number of aromatic nitrogens is 2. The van der Waals surface area contributed by atoms with Gasteiger partial charge in [-0.2, -0.15) is 0 Å². The zero-order valence-corrected chi connectivity index (χ0v) is 14.6. The van der Waals surface area contributed by atoms with E-state index in [-0.39, 0.29) is 17.6 Å². The van der Waals surface area contributed by atoms with Crippen LogP contribution in [0, 0.1) is 5.82 Å². The van der Waals surface area contributed by atoms with Crippen molar-refractivity contribution in [3.8, 4) is 11.5 Å². The summed E-state index contributed by atoms with van der Waals surface area (Å²) in [4.78, 5) is 14.2. The molecule has 3 rings (SSSR count). The number of ether oxygens (including phenoxy) is 1. The first kappa shape index (κ1) is 17.6. The maximum Gasteiger partial charge on any atom is 0.338 e. The first-order valence-corrected chi connectivity index (χ1v) is 8.02. The van der Waals surface area contributed by atoms with Crippen LogP contribution in [0.3, 0.4) is 0 Å². The van der Waals surface area contributed by atoms with Gasteiger partial charge >= 0.3 is 5.97 Å². The van der Waals surface area contributed by atoms with Gasteiger partial charge in [0.2, 0.25) is 5.89 Å². The maximum absolute atomic E-state index is 13.0. The molecule has 0 amide bonds. The Labute approximate surface area is 150 Å². The van der Waals surface area contributed by atoms with E-state index in [9.17, 15) is 9.18 Å². The van der Waals surface area contributed by atoms with Gasteiger partial charge in [-0.1, -0.05) is 6.07 Å². The molecule has 134 valence electrons. The van der Waals surface area contributed by atoms with Crippen molar-refractivity contribution in [3.05, 3.63) is 65.8 Å². The van der Waals surface area contributed by atoms with Crippen molar-refractivity contribution in [1.29, 1.82) is 0 Å². The molecule has 0 aliphatic carbocycles. The Hall–Kier alpha value is -3.22. The van der Waals surface area contributed by atoms with Crippen molar-refractivity contribution < 1.29 is 18.3 Å². The van der Waals surface area contributed by atoms with Gasteiger partial charge in [0.15, 0.2) is 6.10 Å². The molecule has 26 heavy (non-hydrogen) atoms. The van der Waals surface area contributed by atoms with E-state index >= 15 is 0 Å². The van der Waals surface area contributed by atoms with Gasteiger partial charge in [-0.15, -0.1) is 10.2 Å². The lowest BCUT2D eigenvalue weighted by atomic mass is 10.2. The van der Waals surface area contributed by atoms with Gasteiger partial charge in [0.05, 0.1) is 5.56 Å². The number of anilines is 1. The van der Waals surface area contributed by atoms with Crippen molar-refractivity contribution in [1.82, 2.24) is 10.2 Å². The molecule has 0 N–H and O–H groups in total. The molecule has 0 fully saturated rings. The number of benzene rings is 2. The summed E-state index contributed by atoms with van der Waals surface area (Å²) < 4.78 is 23.9. The zero-order valence-electron chi connectivity index (χ0n) is 14.6. The van der Waals surface area contributed by atoms with Crippen LogP contribution in [0.1, 0.15) is 29.3 Å². The predicted octanol–water partition coefficient (Wildman–Crippen LogP) is 3.86. The molecule has 0 spiro atoms. The van der Waals surface area contributed by atoms with Crippen molar-refractivity contribution in [3.63, 3.8) is 0 Å². The van der Waals surface area contributed by atoms with Crippen LogP contribution in [0.5, 0.6) is 0 Å². The van der Waals surface area contributed by atoms with E-state index in [0.29, 0.717) is 11.1 Å². The molecule has 7 heteroatoms. The Bertz CT molecular complexity index is 906. The summed E-state index contributed by atoms with van der Waals surface area (Å²) in [6, 6.07) is 12.8. The Morgan fingerprint density at radius 3 is 2.58 bits per heavy atom. The van der Waals surface area contributed by atoms with Gasteiger partial charge < -0.3 is 14.1 Å². The summed E-state index contributed by atoms with van der Waals surface area (Å²) >= 11 is 0. The van der Waals surface area contributed by atoms with Crippen molar-refractivity contribution >= 4 is 11.7 Å². The quantitative estimate of drug-likeness (QED) is 0.648. The summed E-state index contributed by atoms with van der Waals surface area (Å²) in [6.45, 7) is 1.65. The number of hydrogen-bond acceptors (Lipinski definition) is 6. The minimum Gasteiger partial charge on any atom is -0.449 e. The molecule has 1 aromatic heterocycles. The third-order valence-electron chi connectivity index (χ3n) is 3.76. The van der Waals surface area contributed by atoms with E-state index in [2.05, 4.69) is 10.2 Å². The Morgan fingerprint density at radius 2 is 1.88 bits per heavy atom. The van der Waals surface area contributed by atoms with Crippen LogP contribution in [0.4, 0.5) is 10.1 Å². The molecule has 1 atom stereocenters. The Kier molecular flexibility index (Phi) is 4.97. The summed E-state index contributed by atoms with van der Waals surface area (Å²) in [5.41, 5.74) is 1.91. The molecule has 0 bridgehead atoms. The lowest BCUT2D eigenvalue weighted by Crippen LogP contribution is -2.12. The largest absolute Gasteiger partial charge is 0.449 e. The Balaban J connectivity index is 1.72. The number of nitrogens with zero attached hydrogens (tertiary/aromatic N) is 3. The minimum atomic E-state index is -0.716. The number of esters is 1. The first-order chi connectivity index (χ1) is 12.4. The molecule has 0 radical (unpaired) electrons. The number of carbonyl (C=O) groups excluding carboxylic acids is 1. The summed E-state index contributed by atoms with van der Waals surface area (Å²) in [5.74, 6) is -0.433. The van der Waals surface area contributed by atoms with Crippen molar-refractivity contribution in [2.75, 3.05) is 19.0 Å². The third-order valence-corrected chi connectivity index (χ3v) is 3.76. The molecule has 1 heterocycles. The molecule has 0 aliphatic rings. The molecule has 0 saturated carbocycles. The van der Waals surface area contributed by atoms with Gasteiger partial charge in [-0.25, -0.2) is 9.18 Å². The van der Waals surface area contributed by atoms with Crippen LogP contribution in [0.15, 0.2) is 52.9 Å². The summed E-state index contributed by atoms with van der Waals surface area (Å²) in [5, 5.41) is 7.83. The third kappa shape index (κ3) is 3.88. The van der Waals surface area contributed by atoms with E-state index in [4.69, 9.17) is 9.15 Å². The highest BCUT2D eigenvalue weighted by Crippen LogP contribution is 2.24. The van der Waals surface area contributed by atoms with Gasteiger partial charge in [0.1, 0.15) is 5.82 Å². The van der Waals surface area contributed by atoms with Crippen LogP contribution < -0.4 is 4.90 Å². The molecule has 6 nitrogen and oxygen atoms in total. The van der Waals surface area contributed by atoms with Crippen molar-refractivity contribution in [2.45, 2.75) is 13.0 Å². The first-order valence-electron chi connectivity index (χ1n) is 8.02.